The van der Waals surface area contributed by atoms with Crippen molar-refractivity contribution < 1.29 is 18.3 Å². The maximum absolute atomic E-state index is 12.6. The molecule has 0 fully saturated rings. The first kappa shape index (κ1) is 17.0. The van der Waals surface area contributed by atoms with Gasteiger partial charge in [-0.05, 0) is 24.6 Å². The van der Waals surface area contributed by atoms with E-state index in [4.69, 9.17) is 4.74 Å². The number of imidazole rings is 1. The number of nitrogens with one attached hydrogen (secondary N) is 1. The molecule has 0 aliphatic rings. The Morgan fingerprint density at radius 2 is 2.13 bits per heavy atom. The number of halogens is 2. The number of aromatic amines is 1. The molecule has 4 nitrogen and oxygen atoms in total. The summed E-state index contributed by atoms with van der Waals surface area (Å²) in [5.41, 5.74) is 0.663. The highest BCUT2D eigenvalue weighted by atomic mass is 19.3. The molecule has 0 bridgehead atoms. The molecule has 124 valence electrons. The normalized spacial score (nSPS) is 11.3. The molecular weight excluding hydrogens is 302 g/mol. The molecular formula is C17H20F2N2O2. The fourth-order valence-electron chi connectivity index (χ4n) is 2.07. The standard InChI is InChI=1S/C17H20F2N2O2/c1-2-3-4-12-22-16-13(8-9-15-20-10-11-21-15)6-5-7-14(16)23-17(18)19/h5-11,17H,2-4,12H2,1H3,(H,20,21)/b9-8+. The van der Waals surface area contributed by atoms with Crippen molar-refractivity contribution in [2.24, 2.45) is 0 Å². The SMILES string of the molecule is CCCCCOc1c(/C=C/c2ncc[nH]2)cccc1OC(F)F. The lowest BCUT2D eigenvalue weighted by Crippen LogP contribution is -2.06. The fourth-order valence-corrected chi connectivity index (χ4v) is 2.07. The minimum atomic E-state index is -2.89. The van der Waals surface area contributed by atoms with E-state index < -0.39 is 6.61 Å². The maximum atomic E-state index is 12.6. The number of benzene rings is 1. The monoisotopic (exact) mass is 322 g/mol. The Morgan fingerprint density at radius 1 is 1.26 bits per heavy atom. The predicted octanol–water partition coefficient (Wildman–Crippen LogP) is 4.75. The zero-order valence-electron chi connectivity index (χ0n) is 13.0. The van der Waals surface area contributed by atoms with Gasteiger partial charge in [0, 0.05) is 18.0 Å². The number of aromatic nitrogens is 2. The van der Waals surface area contributed by atoms with Gasteiger partial charge in [0.1, 0.15) is 5.82 Å². The Hall–Kier alpha value is -2.37. The number of alkyl halides is 2. The third-order valence-electron chi connectivity index (χ3n) is 3.16. The molecule has 2 rings (SSSR count). The highest BCUT2D eigenvalue weighted by Crippen LogP contribution is 2.34. The van der Waals surface area contributed by atoms with Gasteiger partial charge in [-0.2, -0.15) is 8.78 Å². The van der Waals surface area contributed by atoms with E-state index in [0.29, 0.717) is 23.7 Å². The zero-order chi connectivity index (χ0) is 16.5. The van der Waals surface area contributed by atoms with E-state index in [9.17, 15) is 8.78 Å². The van der Waals surface area contributed by atoms with Crippen LogP contribution in [0.15, 0.2) is 30.6 Å². The van der Waals surface area contributed by atoms with Crippen molar-refractivity contribution in [3.05, 3.63) is 42.0 Å². The molecule has 23 heavy (non-hydrogen) atoms. The second-order valence-electron chi connectivity index (χ2n) is 4.92. The number of hydrogen-bond donors (Lipinski definition) is 1. The number of unbranched alkanes of at least 4 members (excludes halogenated alkanes) is 2. The van der Waals surface area contributed by atoms with E-state index in [1.807, 2.05) is 0 Å². The summed E-state index contributed by atoms with van der Waals surface area (Å²) in [4.78, 5) is 7.03. The number of ether oxygens (including phenoxy) is 2. The van der Waals surface area contributed by atoms with Crippen molar-refractivity contribution in [3.8, 4) is 11.5 Å². The number of nitrogens with zero attached hydrogens (tertiary/aromatic N) is 1. The Morgan fingerprint density at radius 3 is 2.83 bits per heavy atom. The summed E-state index contributed by atoms with van der Waals surface area (Å²) in [6.45, 7) is -0.345. The summed E-state index contributed by atoms with van der Waals surface area (Å²) in [6.07, 6.45) is 9.79. The Labute approximate surface area is 134 Å². The molecule has 0 aliphatic heterocycles. The van der Waals surface area contributed by atoms with E-state index in [2.05, 4.69) is 21.6 Å². The topological polar surface area (TPSA) is 47.1 Å². The van der Waals surface area contributed by atoms with Crippen LogP contribution in [0.4, 0.5) is 8.78 Å². The lowest BCUT2D eigenvalue weighted by Gasteiger charge is -2.14. The molecule has 6 heteroatoms. The van der Waals surface area contributed by atoms with Crippen LogP contribution in [0.25, 0.3) is 12.2 Å². The average Bonchev–Trinajstić information content (AvgIpc) is 3.04. The predicted molar refractivity (Wildman–Crippen MR) is 85.6 cm³/mol. The minimum absolute atomic E-state index is 0.0399. The van der Waals surface area contributed by atoms with Gasteiger partial charge in [0.15, 0.2) is 11.5 Å². The summed E-state index contributed by atoms with van der Waals surface area (Å²) in [5.74, 6) is 1.03. The number of para-hydroxylation sites is 1. The fraction of sp³-hybridized carbons (Fsp3) is 0.353. The molecule has 0 aliphatic carbocycles. The molecule has 0 spiro atoms. The second-order valence-corrected chi connectivity index (χ2v) is 4.92. The van der Waals surface area contributed by atoms with Crippen molar-refractivity contribution in [2.75, 3.05) is 6.61 Å². The zero-order valence-corrected chi connectivity index (χ0v) is 13.0. The van der Waals surface area contributed by atoms with E-state index in [-0.39, 0.29) is 5.75 Å². The summed E-state index contributed by atoms with van der Waals surface area (Å²) in [7, 11) is 0. The summed E-state index contributed by atoms with van der Waals surface area (Å²) in [6, 6.07) is 4.91. The van der Waals surface area contributed by atoms with Crippen LogP contribution < -0.4 is 9.47 Å². The first-order chi connectivity index (χ1) is 11.2. The van der Waals surface area contributed by atoms with Gasteiger partial charge in [0.25, 0.3) is 0 Å². The van der Waals surface area contributed by atoms with Crippen LogP contribution in [0.5, 0.6) is 11.5 Å². The van der Waals surface area contributed by atoms with Gasteiger partial charge >= 0.3 is 6.61 Å². The van der Waals surface area contributed by atoms with E-state index in [1.54, 1.807) is 36.7 Å². The van der Waals surface area contributed by atoms with Crippen molar-refractivity contribution in [2.45, 2.75) is 32.8 Å². The number of H-pyrrole nitrogens is 1. The van der Waals surface area contributed by atoms with Gasteiger partial charge in [-0.1, -0.05) is 31.9 Å². The molecule has 1 heterocycles. The minimum Gasteiger partial charge on any atom is -0.489 e. The largest absolute Gasteiger partial charge is 0.489 e. The lowest BCUT2D eigenvalue weighted by atomic mass is 10.1. The highest BCUT2D eigenvalue weighted by molar-refractivity contribution is 5.72. The van der Waals surface area contributed by atoms with Gasteiger partial charge < -0.3 is 14.5 Å². The average molecular weight is 322 g/mol. The Kier molecular flexibility index (Phi) is 6.59. The second kappa shape index (κ2) is 8.92. The third kappa shape index (κ3) is 5.39. The van der Waals surface area contributed by atoms with E-state index in [0.717, 1.165) is 19.3 Å². The molecule has 0 atom stereocenters. The lowest BCUT2D eigenvalue weighted by molar-refractivity contribution is -0.0515. The molecule has 1 N–H and O–H groups in total. The summed E-state index contributed by atoms with van der Waals surface area (Å²) >= 11 is 0. The molecule has 0 saturated carbocycles. The van der Waals surface area contributed by atoms with Gasteiger partial charge in [0.2, 0.25) is 0 Å². The van der Waals surface area contributed by atoms with Crippen LogP contribution in [-0.4, -0.2) is 23.2 Å². The van der Waals surface area contributed by atoms with Gasteiger partial charge in [0.05, 0.1) is 6.61 Å². The smallest absolute Gasteiger partial charge is 0.387 e. The van der Waals surface area contributed by atoms with E-state index in [1.165, 1.54) is 6.07 Å². The summed E-state index contributed by atoms with van der Waals surface area (Å²) in [5, 5.41) is 0. The number of hydrogen-bond acceptors (Lipinski definition) is 3. The van der Waals surface area contributed by atoms with Gasteiger partial charge in [-0.25, -0.2) is 4.98 Å². The molecule has 1 aromatic heterocycles. The van der Waals surface area contributed by atoms with Crippen LogP contribution in [0.3, 0.4) is 0 Å². The molecule has 2 aromatic rings. The van der Waals surface area contributed by atoms with Crippen LogP contribution in [0.1, 0.15) is 37.6 Å². The first-order valence-electron chi connectivity index (χ1n) is 7.58. The van der Waals surface area contributed by atoms with Crippen LogP contribution in [-0.2, 0) is 0 Å². The number of rotatable bonds is 9. The van der Waals surface area contributed by atoms with Crippen molar-refractivity contribution >= 4 is 12.2 Å². The quantitative estimate of drug-likeness (QED) is 0.678. The van der Waals surface area contributed by atoms with Crippen LogP contribution in [0.2, 0.25) is 0 Å². The molecule has 0 saturated heterocycles. The maximum Gasteiger partial charge on any atom is 0.387 e. The van der Waals surface area contributed by atoms with E-state index >= 15 is 0 Å². The molecule has 0 amide bonds. The summed E-state index contributed by atoms with van der Waals surface area (Å²) < 4.78 is 35.4. The molecule has 1 aromatic carbocycles. The van der Waals surface area contributed by atoms with Crippen molar-refractivity contribution in [1.29, 1.82) is 0 Å². The first-order valence-corrected chi connectivity index (χ1v) is 7.58. The Bertz CT molecular complexity index is 613. The van der Waals surface area contributed by atoms with Gasteiger partial charge in [-0.15, -0.1) is 0 Å². The third-order valence-corrected chi connectivity index (χ3v) is 3.16. The highest BCUT2D eigenvalue weighted by Gasteiger charge is 2.13. The van der Waals surface area contributed by atoms with Crippen LogP contribution in [0, 0.1) is 0 Å². The van der Waals surface area contributed by atoms with Crippen molar-refractivity contribution in [1.82, 2.24) is 9.97 Å². The van der Waals surface area contributed by atoms with Gasteiger partial charge in [-0.3, -0.25) is 0 Å². The molecule has 0 radical (unpaired) electrons. The van der Waals surface area contributed by atoms with Crippen molar-refractivity contribution in [3.63, 3.8) is 0 Å². The molecule has 0 unspecified atom stereocenters. The van der Waals surface area contributed by atoms with Crippen LogP contribution >= 0.6 is 0 Å². The Balaban J connectivity index is 2.20.